The van der Waals surface area contributed by atoms with Gasteiger partial charge in [-0.3, -0.25) is 9.78 Å². The molecule has 2 aromatic heterocycles. The summed E-state index contributed by atoms with van der Waals surface area (Å²) in [5.74, 6) is -0.102. The number of carbonyl (C=O) groups excluding carboxylic acids is 1. The van der Waals surface area contributed by atoms with Gasteiger partial charge in [-0.15, -0.1) is 0 Å². The molecule has 1 N–H and O–H groups in total. The van der Waals surface area contributed by atoms with Gasteiger partial charge >= 0.3 is 0 Å². The summed E-state index contributed by atoms with van der Waals surface area (Å²) >= 11 is 7.25. The molecule has 0 spiro atoms. The predicted molar refractivity (Wildman–Crippen MR) is 103 cm³/mol. The van der Waals surface area contributed by atoms with Gasteiger partial charge in [0.2, 0.25) is 5.91 Å². The van der Waals surface area contributed by atoms with E-state index in [1.807, 2.05) is 12.1 Å². The van der Waals surface area contributed by atoms with Gasteiger partial charge in [-0.2, -0.15) is 5.26 Å². The van der Waals surface area contributed by atoms with Crippen molar-refractivity contribution in [2.24, 2.45) is 0 Å². The number of hydrogen-bond donors (Lipinski definition) is 1. The monoisotopic (exact) mass is 380 g/mol. The molecule has 3 aromatic rings. The second kappa shape index (κ2) is 8.48. The van der Waals surface area contributed by atoms with E-state index in [4.69, 9.17) is 11.6 Å². The zero-order valence-corrected chi connectivity index (χ0v) is 15.1. The molecule has 1 amide bonds. The number of aromatic nitrogens is 2. The van der Waals surface area contributed by atoms with Crippen molar-refractivity contribution in [3.05, 3.63) is 71.5 Å². The van der Waals surface area contributed by atoms with Crippen LogP contribution in [0.2, 0.25) is 5.02 Å². The van der Waals surface area contributed by atoms with Crippen molar-refractivity contribution in [2.75, 3.05) is 11.1 Å². The summed E-state index contributed by atoms with van der Waals surface area (Å²) in [5, 5.41) is 13.0. The first-order valence-electron chi connectivity index (χ1n) is 7.66. The standard InChI is InChI=1S/C19H13ClN4OS/c20-15-3-1-2-4-17(15)23-18(25)12-26-19-14(11-21)5-6-16(24-19)13-7-9-22-10-8-13/h1-10H,12H2,(H,23,25). The lowest BCUT2D eigenvalue weighted by Gasteiger charge is -2.08. The largest absolute Gasteiger partial charge is 0.324 e. The molecule has 5 nitrogen and oxygen atoms in total. The fraction of sp³-hybridized carbons (Fsp3) is 0.0526. The van der Waals surface area contributed by atoms with Gasteiger partial charge in [0.1, 0.15) is 11.1 Å². The molecule has 0 saturated heterocycles. The molecule has 0 saturated carbocycles. The summed E-state index contributed by atoms with van der Waals surface area (Å²) in [6, 6.07) is 16.3. The Balaban J connectivity index is 1.73. The van der Waals surface area contributed by atoms with E-state index in [9.17, 15) is 10.1 Å². The summed E-state index contributed by atoms with van der Waals surface area (Å²) in [6.07, 6.45) is 3.36. The lowest BCUT2D eigenvalue weighted by Crippen LogP contribution is -2.14. The topological polar surface area (TPSA) is 78.7 Å². The number of rotatable bonds is 5. The highest BCUT2D eigenvalue weighted by Gasteiger charge is 2.11. The van der Waals surface area contributed by atoms with Gasteiger partial charge in [-0.05, 0) is 36.4 Å². The molecule has 0 atom stereocenters. The summed E-state index contributed by atoms with van der Waals surface area (Å²) < 4.78 is 0. The molecular formula is C19H13ClN4OS. The van der Waals surface area contributed by atoms with Gasteiger partial charge < -0.3 is 5.32 Å². The number of hydrogen-bond acceptors (Lipinski definition) is 5. The number of nitriles is 1. The summed E-state index contributed by atoms with van der Waals surface area (Å²) in [4.78, 5) is 20.7. The fourth-order valence-corrected chi connectivity index (χ4v) is 3.16. The van der Waals surface area contributed by atoms with Crippen molar-refractivity contribution in [3.8, 4) is 17.3 Å². The molecule has 3 rings (SSSR count). The number of nitrogens with one attached hydrogen (secondary N) is 1. The Morgan fingerprint density at radius 3 is 2.65 bits per heavy atom. The van der Waals surface area contributed by atoms with Crippen LogP contribution in [-0.4, -0.2) is 21.6 Å². The molecule has 1 aromatic carbocycles. The van der Waals surface area contributed by atoms with Crippen LogP contribution < -0.4 is 5.32 Å². The van der Waals surface area contributed by atoms with E-state index in [1.165, 1.54) is 11.8 Å². The molecule has 7 heteroatoms. The normalized spacial score (nSPS) is 10.2. The Bertz CT molecular complexity index is 973. The minimum absolute atomic E-state index is 0.118. The second-order valence-electron chi connectivity index (χ2n) is 5.21. The third kappa shape index (κ3) is 4.39. The van der Waals surface area contributed by atoms with E-state index in [1.54, 1.807) is 48.8 Å². The summed E-state index contributed by atoms with van der Waals surface area (Å²) in [5.41, 5.74) is 2.60. The Morgan fingerprint density at radius 1 is 1.15 bits per heavy atom. The van der Waals surface area contributed by atoms with Crippen molar-refractivity contribution < 1.29 is 4.79 Å². The quantitative estimate of drug-likeness (QED) is 0.663. The smallest absolute Gasteiger partial charge is 0.234 e. The molecule has 0 unspecified atom stereocenters. The maximum absolute atomic E-state index is 12.2. The molecule has 0 bridgehead atoms. The van der Waals surface area contributed by atoms with Crippen LogP contribution in [0.4, 0.5) is 5.69 Å². The van der Waals surface area contributed by atoms with Crippen molar-refractivity contribution in [3.63, 3.8) is 0 Å². The maximum atomic E-state index is 12.2. The summed E-state index contributed by atoms with van der Waals surface area (Å²) in [7, 11) is 0. The highest BCUT2D eigenvalue weighted by atomic mass is 35.5. The van der Waals surface area contributed by atoms with Gasteiger partial charge in [0.05, 0.1) is 27.7 Å². The second-order valence-corrected chi connectivity index (χ2v) is 6.58. The van der Waals surface area contributed by atoms with E-state index in [0.717, 1.165) is 11.3 Å². The Hall–Kier alpha value is -2.88. The molecule has 0 aliphatic heterocycles. The number of pyridine rings is 2. The molecule has 128 valence electrons. The Kier molecular flexibility index (Phi) is 5.84. The van der Waals surface area contributed by atoms with Crippen molar-refractivity contribution in [2.45, 2.75) is 5.03 Å². The van der Waals surface area contributed by atoms with E-state index in [-0.39, 0.29) is 11.7 Å². The first kappa shape index (κ1) is 17.9. The average Bonchev–Trinajstić information content (AvgIpc) is 2.68. The molecular weight excluding hydrogens is 368 g/mol. The molecule has 2 heterocycles. The highest BCUT2D eigenvalue weighted by molar-refractivity contribution is 8.00. The third-order valence-electron chi connectivity index (χ3n) is 3.44. The van der Waals surface area contributed by atoms with Gasteiger partial charge in [0.25, 0.3) is 0 Å². The van der Waals surface area contributed by atoms with Crippen LogP contribution in [0.15, 0.2) is 66.0 Å². The lowest BCUT2D eigenvalue weighted by molar-refractivity contribution is -0.113. The van der Waals surface area contributed by atoms with Gasteiger partial charge in [-0.25, -0.2) is 4.98 Å². The average molecular weight is 381 g/mol. The maximum Gasteiger partial charge on any atom is 0.234 e. The van der Waals surface area contributed by atoms with Crippen LogP contribution in [-0.2, 0) is 4.79 Å². The number of nitrogens with zero attached hydrogens (tertiary/aromatic N) is 3. The number of benzene rings is 1. The van der Waals surface area contributed by atoms with Gasteiger partial charge in [-0.1, -0.05) is 35.5 Å². The molecule has 0 aliphatic rings. The molecule has 26 heavy (non-hydrogen) atoms. The van der Waals surface area contributed by atoms with Crippen LogP contribution >= 0.6 is 23.4 Å². The first-order valence-corrected chi connectivity index (χ1v) is 9.02. The van der Waals surface area contributed by atoms with E-state index in [0.29, 0.717) is 21.3 Å². The van der Waals surface area contributed by atoms with Gasteiger partial charge in [0.15, 0.2) is 0 Å². The molecule has 0 aliphatic carbocycles. The molecule has 0 fully saturated rings. The zero-order chi connectivity index (χ0) is 18.4. The Morgan fingerprint density at radius 2 is 1.92 bits per heavy atom. The number of para-hydroxylation sites is 1. The SMILES string of the molecule is N#Cc1ccc(-c2ccncc2)nc1SCC(=O)Nc1ccccc1Cl. The minimum Gasteiger partial charge on any atom is -0.324 e. The zero-order valence-electron chi connectivity index (χ0n) is 13.5. The van der Waals surface area contributed by atoms with Crippen molar-refractivity contribution >= 4 is 35.0 Å². The van der Waals surface area contributed by atoms with Crippen LogP contribution in [0.1, 0.15) is 5.56 Å². The molecule has 0 radical (unpaired) electrons. The number of thioether (sulfide) groups is 1. The Labute approximate surface area is 160 Å². The van der Waals surface area contributed by atoms with Crippen LogP contribution in [0, 0.1) is 11.3 Å². The van der Waals surface area contributed by atoms with Crippen molar-refractivity contribution in [1.82, 2.24) is 9.97 Å². The predicted octanol–water partition coefficient (Wildman–Crippen LogP) is 4.40. The number of carbonyl (C=O) groups is 1. The number of halogens is 1. The minimum atomic E-state index is -0.219. The number of anilines is 1. The van der Waals surface area contributed by atoms with Crippen molar-refractivity contribution in [1.29, 1.82) is 5.26 Å². The van der Waals surface area contributed by atoms with E-state index < -0.39 is 0 Å². The first-order chi connectivity index (χ1) is 12.7. The highest BCUT2D eigenvalue weighted by Crippen LogP contribution is 2.26. The van der Waals surface area contributed by atoms with Crippen LogP contribution in [0.5, 0.6) is 0 Å². The lowest BCUT2D eigenvalue weighted by atomic mass is 10.1. The number of amides is 1. The fourth-order valence-electron chi connectivity index (χ4n) is 2.20. The summed E-state index contributed by atoms with van der Waals surface area (Å²) in [6.45, 7) is 0. The van der Waals surface area contributed by atoms with Crippen LogP contribution in [0.25, 0.3) is 11.3 Å². The van der Waals surface area contributed by atoms with Crippen LogP contribution in [0.3, 0.4) is 0 Å². The van der Waals surface area contributed by atoms with E-state index >= 15 is 0 Å². The van der Waals surface area contributed by atoms with Gasteiger partial charge in [0, 0.05) is 18.0 Å². The van der Waals surface area contributed by atoms with E-state index in [2.05, 4.69) is 21.4 Å². The third-order valence-corrected chi connectivity index (χ3v) is 4.77.